The lowest BCUT2D eigenvalue weighted by Gasteiger charge is -2.05. The van der Waals surface area contributed by atoms with Crippen LogP contribution in [0, 0.1) is 5.82 Å². The number of nitrogens with two attached hydrogens (primary N) is 1. The van der Waals surface area contributed by atoms with E-state index in [0.717, 1.165) is 6.42 Å². The Morgan fingerprint density at radius 1 is 1.50 bits per heavy atom. The van der Waals surface area contributed by atoms with Crippen LogP contribution in [0.2, 0.25) is 0 Å². The van der Waals surface area contributed by atoms with E-state index in [1.54, 1.807) is 0 Å². The lowest BCUT2D eigenvalue weighted by atomic mass is 10.3. The molecule has 0 aliphatic heterocycles. The number of halogens is 1. The van der Waals surface area contributed by atoms with Gasteiger partial charge in [-0.25, -0.2) is 4.39 Å². The van der Waals surface area contributed by atoms with Crippen molar-refractivity contribution >= 4 is 5.69 Å². The minimum Gasteiger partial charge on any atom is -0.490 e. The molecule has 0 radical (unpaired) electrons. The van der Waals surface area contributed by atoms with Gasteiger partial charge in [-0.1, -0.05) is 6.92 Å². The largest absolute Gasteiger partial charge is 0.490 e. The third-order valence-electron chi connectivity index (χ3n) is 1.42. The van der Waals surface area contributed by atoms with Crippen LogP contribution in [0.15, 0.2) is 18.2 Å². The first-order valence-electron chi connectivity index (χ1n) is 3.92. The lowest BCUT2D eigenvalue weighted by Crippen LogP contribution is -1.98. The van der Waals surface area contributed by atoms with Crippen LogP contribution < -0.4 is 10.5 Å². The summed E-state index contributed by atoms with van der Waals surface area (Å²) in [5, 5.41) is 0. The summed E-state index contributed by atoms with van der Waals surface area (Å²) in [7, 11) is 0. The highest BCUT2D eigenvalue weighted by Gasteiger charge is 2.01. The molecular weight excluding hydrogens is 157 g/mol. The van der Waals surface area contributed by atoms with Gasteiger partial charge in [-0.15, -0.1) is 0 Å². The number of hydrogen-bond donors (Lipinski definition) is 1. The van der Waals surface area contributed by atoms with E-state index in [4.69, 9.17) is 10.5 Å². The highest BCUT2D eigenvalue weighted by atomic mass is 19.1. The quantitative estimate of drug-likeness (QED) is 0.704. The number of ether oxygens (including phenoxy) is 1. The fourth-order valence-electron chi connectivity index (χ4n) is 0.843. The van der Waals surface area contributed by atoms with E-state index in [9.17, 15) is 4.39 Å². The van der Waals surface area contributed by atoms with E-state index in [1.165, 1.54) is 18.2 Å². The normalized spacial score (nSPS) is 9.83. The Hall–Kier alpha value is -1.25. The van der Waals surface area contributed by atoms with Gasteiger partial charge < -0.3 is 10.5 Å². The highest BCUT2D eigenvalue weighted by Crippen LogP contribution is 2.19. The third kappa shape index (κ3) is 2.12. The molecule has 3 heteroatoms. The summed E-state index contributed by atoms with van der Waals surface area (Å²) in [6.07, 6.45) is 0.855. The molecule has 0 aliphatic carbocycles. The lowest BCUT2D eigenvalue weighted by molar-refractivity contribution is 0.301. The molecule has 0 saturated heterocycles. The minimum absolute atomic E-state index is 0.233. The van der Waals surface area contributed by atoms with Gasteiger partial charge in [-0.2, -0.15) is 0 Å². The van der Waals surface area contributed by atoms with Gasteiger partial charge in [-0.3, -0.25) is 0 Å². The maximum atomic E-state index is 12.9. The average Bonchev–Trinajstić information content (AvgIpc) is 2.07. The summed E-state index contributed by atoms with van der Waals surface area (Å²) >= 11 is 0. The zero-order chi connectivity index (χ0) is 8.97. The van der Waals surface area contributed by atoms with E-state index in [0.29, 0.717) is 12.3 Å². The molecule has 2 N–H and O–H groups in total. The Balaban J connectivity index is 2.75. The molecule has 0 aliphatic rings. The van der Waals surface area contributed by atoms with E-state index in [1.807, 2.05) is 6.92 Å². The van der Waals surface area contributed by atoms with Gasteiger partial charge in [0.15, 0.2) is 11.6 Å². The smallest absolute Gasteiger partial charge is 0.165 e. The molecule has 12 heavy (non-hydrogen) atoms. The van der Waals surface area contributed by atoms with Crippen molar-refractivity contribution in [2.75, 3.05) is 12.3 Å². The van der Waals surface area contributed by atoms with Crippen LogP contribution in [0.5, 0.6) is 5.75 Å². The van der Waals surface area contributed by atoms with Gasteiger partial charge in [0.1, 0.15) is 0 Å². The van der Waals surface area contributed by atoms with Crippen LogP contribution in [-0.4, -0.2) is 6.61 Å². The second kappa shape index (κ2) is 3.95. The molecule has 1 aromatic rings. The molecule has 0 bridgehead atoms. The standard InChI is InChI=1S/C9H12FNO/c1-2-5-12-9-6-7(11)3-4-8(9)10/h3-4,6H,2,5,11H2,1H3. The topological polar surface area (TPSA) is 35.2 Å². The number of rotatable bonds is 3. The van der Waals surface area contributed by atoms with Crippen molar-refractivity contribution in [1.29, 1.82) is 0 Å². The van der Waals surface area contributed by atoms with Crippen LogP contribution in [0.1, 0.15) is 13.3 Å². The molecule has 0 saturated carbocycles. The molecule has 0 amide bonds. The molecule has 66 valence electrons. The first kappa shape index (κ1) is 8.84. The van der Waals surface area contributed by atoms with Gasteiger partial charge in [0.2, 0.25) is 0 Å². The number of nitrogen functional groups attached to an aromatic ring is 1. The molecule has 1 rings (SSSR count). The van der Waals surface area contributed by atoms with Crippen molar-refractivity contribution in [3.8, 4) is 5.75 Å². The first-order chi connectivity index (χ1) is 5.74. The Morgan fingerprint density at radius 3 is 2.92 bits per heavy atom. The molecule has 0 atom stereocenters. The van der Waals surface area contributed by atoms with E-state index < -0.39 is 0 Å². The van der Waals surface area contributed by atoms with E-state index in [2.05, 4.69) is 0 Å². The van der Waals surface area contributed by atoms with Crippen LogP contribution in [0.3, 0.4) is 0 Å². The Morgan fingerprint density at radius 2 is 2.25 bits per heavy atom. The summed E-state index contributed by atoms with van der Waals surface area (Å²) in [5.41, 5.74) is 5.97. The van der Waals surface area contributed by atoms with Gasteiger partial charge in [0.25, 0.3) is 0 Å². The minimum atomic E-state index is -0.363. The zero-order valence-electron chi connectivity index (χ0n) is 7.01. The predicted molar refractivity (Wildman–Crippen MR) is 46.6 cm³/mol. The Kier molecular flexibility index (Phi) is 2.91. The van der Waals surface area contributed by atoms with Crippen LogP contribution >= 0.6 is 0 Å². The number of anilines is 1. The van der Waals surface area contributed by atoms with Crippen molar-refractivity contribution in [1.82, 2.24) is 0 Å². The summed E-state index contributed by atoms with van der Waals surface area (Å²) in [6.45, 7) is 2.48. The number of hydrogen-bond acceptors (Lipinski definition) is 2. The van der Waals surface area contributed by atoms with E-state index in [-0.39, 0.29) is 11.6 Å². The summed E-state index contributed by atoms with van der Waals surface area (Å²) in [5.74, 6) is -0.130. The third-order valence-corrected chi connectivity index (χ3v) is 1.42. The van der Waals surface area contributed by atoms with Crippen LogP contribution in [-0.2, 0) is 0 Å². The molecule has 0 spiro atoms. The number of benzene rings is 1. The zero-order valence-corrected chi connectivity index (χ0v) is 7.01. The summed E-state index contributed by atoms with van der Waals surface area (Å²) < 4.78 is 18.0. The predicted octanol–water partition coefficient (Wildman–Crippen LogP) is 2.20. The first-order valence-corrected chi connectivity index (χ1v) is 3.92. The average molecular weight is 169 g/mol. The maximum absolute atomic E-state index is 12.9. The highest BCUT2D eigenvalue weighted by molar-refractivity contribution is 5.44. The van der Waals surface area contributed by atoms with Crippen LogP contribution in [0.25, 0.3) is 0 Å². The van der Waals surface area contributed by atoms with Gasteiger partial charge in [0, 0.05) is 11.8 Å². The van der Waals surface area contributed by atoms with Crippen molar-refractivity contribution in [3.63, 3.8) is 0 Å². The van der Waals surface area contributed by atoms with Crippen LogP contribution in [0.4, 0.5) is 10.1 Å². The van der Waals surface area contributed by atoms with E-state index >= 15 is 0 Å². The van der Waals surface area contributed by atoms with Crippen molar-refractivity contribution in [2.45, 2.75) is 13.3 Å². The fraction of sp³-hybridized carbons (Fsp3) is 0.333. The van der Waals surface area contributed by atoms with Crippen molar-refractivity contribution in [3.05, 3.63) is 24.0 Å². The second-order valence-electron chi connectivity index (χ2n) is 2.54. The van der Waals surface area contributed by atoms with Crippen molar-refractivity contribution in [2.24, 2.45) is 0 Å². The maximum Gasteiger partial charge on any atom is 0.165 e. The van der Waals surface area contributed by atoms with Gasteiger partial charge in [-0.05, 0) is 18.6 Å². The molecular formula is C9H12FNO. The molecule has 2 nitrogen and oxygen atoms in total. The van der Waals surface area contributed by atoms with Gasteiger partial charge >= 0.3 is 0 Å². The summed E-state index contributed by atoms with van der Waals surface area (Å²) in [6, 6.07) is 4.31. The van der Waals surface area contributed by atoms with Gasteiger partial charge in [0.05, 0.1) is 6.61 Å². The molecule has 0 heterocycles. The Bertz CT molecular complexity index is 263. The molecule has 0 fully saturated rings. The SMILES string of the molecule is CCCOc1cc(N)ccc1F. The molecule has 1 aromatic carbocycles. The Labute approximate surface area is 71.1 Å². The second-order valence-corrected chi connectivity index (χ2v) is 2.54. The summed E-state index contributed by atoms with van der Waals surface area (Å²) in [4.78, 5) is 0. The monoisotopic (exact) mass is 169 g/mol. The molecule has 0 unspecified atom stereocenters. The molecule has 0 aromatic heterocycles. The van der Waals surface area contributed by atoms with Crippen molar-refractivity contribution < 1.29 is 9.13 Å². The fourth-order valence-corrected chi connectivity index (χ4v) is 0.843.